The Morgan fingerprint density at radius 3 is 2.84 bits per heavy atom. The van der Waals surface area contributed by atoms with E-state index in [1.54, 1.807) is 10.9 Å². The second-order valence-electron chi connectivity index (χ2n) is 4.10. The predicted molar refractivity (Wildman–Crippen MR) is 73.3 cm³/mol. The fourth-order valence-electron chi connectivity index (χ4n) is 1.86. The zero-order chi connectivity index (χ0) is 13.7. The Hall–Kier alpha value is -2.30. The van der Waals surface area contributed by atoms with E-state index in [4.69, 9.17) is 4.74 Å². The Bertz CT molecular complexity index is 537. The molecule has 1 atom stereocenters. The molecule has 0 aliphatic carbocycles. The third-order valence-corrected chi connectivity index (χ3v) is 2.88. The minimum absolute atomic E-state index is 0.266. The third-order valence-electron chi connectivity index (χ3n) is 2.88. The van der Waals surface area contributed by atoms with Crippen LogP contribution in [0, 0.1) is 0 Å². The van der Waals surface area contributed by atoms with Gasteiger partial charge < -0.3 is 10.1 Å². The van der Waals surface area contributed by atoms with E-state index in [9.17, 15) is 4.79 Å². The predicted octanol–water partition coefficient (Wildman–Crippen LogP) is 2.24. The summed E-state index contributed by atoms with van der Waals surface area (Å²) < 4.78 is 6.54. The highest BCUT2D eigenvalue weighted by Gasteiger charge is 2.18. The molecule has 0 bridgehead atoms. The first-order chi connectivity index (χ1) is 9.26. The quantitative estimate of drug-likeness (QED) is 0.837. The topological polar surface area (TPSA) is 56.2 Å². The maximum Gasteiger partial charge on any atom is 0.328 e. The van der Waals surface area contributed by atoms with Gasteiger partial charge in [-0.15, -0.1) is 0 Å². The number of rotatable bonds is 5. The van der Waals surface area contributed by atoms with Crippen molar-refractivity contribution < 1.29 is 9.53 Å². The number of methoxy groups -OCH3 is 1. The van der Waals surface area contributed by atoms with Gasteiger partial charge in [0.25, 0.3) is 0 Å². The van der Waals surface area contributed by atoms with Crippen molar-refractivity contribution >= 4 is 11.7 Å². The van der Waals surface area contributed by atoms with Crippen LogP contribution in [-0.4, -0.2) is 28.9 Å². The summed E-state index contributed by atoms with van der Waals surface area (Å²) in [5, 5.41) is 7.41. The Morgan fingerprint density at radius 1 is 1.42 bits per heavy atom. The van der Waals surface area contributed by atoms with Crippen molar-refractivity contribution in [3.05, 3.63) is 42.7 Å². The molecule has 2 aromatic rings. The van der Waals surface area contributed by atoms with E-state index in [0.717, 1.165) is 11.4 Å². The fourth-order valence-corrected chi connectivity index (χ4v) is 1.86. The van der Waals surface area contributed by atoms with E-state index in [0.29, 0.717) is 6.42 Å². The molecule has 5 heteroatoms. The van der Waals surface area contributed by atoms with Crippen LogP contribution >= 0.6 is 0 Å². The fraction of sp³-hybridized carbons (Fsp3) is 0.286. The lowest BCUT2D eigenvalue weighted by molar-refractivity contribution is -0.141. The average molecular weight is 259 g/mol. The highest BCUT2D eigenvalue weighted by Crippen LogP contribution is 2.20. The van der Waals surface area contributed by atoms with E-state index in [-0.39, 0.29) is 12.0 Å². The van der Waals surface area contributed by atoms with Crippen molar-refractivity contribution in [3.8, 4) is 5.69 Å². The van der Waals surface area contributed by atoms with Gasteiger partial charge in [-0.1, -0.05) is 19.1 Å². The molecule has 0 aliphatic heterocycles. The van der Waals surface area contributed by atoms with Crippen molar-refractivity contribution in [2.75, 3.05) is 12.4 Å². The Balaban J connectivity index is 2.28. The van der Waals surface area contributed by atoms with Gasteiger partial charge in [0.05, 0.1) is 18.5 Å². The van der Waals surface area contributed by atoms with Gasteiger partial charge in [0.15, 0.2) is 0 Å². The van der Waals surface area contributed by atoms with Crippen molar-refractivity contribution in [1.82, 2.24) is 9.78 Å². The molecular weight excluding hydrogens is 242 g/mol. The smallest absolute Gasteiger partial charge is 0.328 e. The molecule has 2 rings (SSSR count). The number of hydrogen-bond donors (Lipinski definition) is 1. The van der Waals surface area contributed by atoms with Crippen molar-refractivity contribution in [1.29, 1.82) is 0 Å². The van der Waals surface area contributed by atoms with Gasteiger partial charge in [0, 0.05) is 12.4 Å². The van der Waals surface area contributed by atoms with E-state index in [1.165, 1.54) is 7.11 Å². The number of hydrogen-bond acceptors (Lipinski definition) is 4. The normalized spacial score (nSPS) is 11.9. The molecule has 0 fully saturated rings. The number of ether oxygens (including phenoxy) is 1. The SMILES string of the molecule is CCC(Nc1ccccc1-n1cccn1)C(=O)OC. The van der Waals surface area contributed by atoms with Gasteiger partial charge >= 0.3 is 5.97 Å². The summed E-state index contributed by atoms with van der Waals surface area (Å²) in [6.07, 6.45) is 4.23. The maximum atomic E-state index is 11.6. The molecule has 0 amide bonds. The molecule has 0 saturated heterocycles. The second kappa shape index (κ2) is 6.04. The molecule has 0 radical (unpaired) electrons. The van der Waals surface area contributed by atoms with Gasteiger partial charge in [-0.05, 0) is 24.6 Å². The molecule has 19 heavy (non-hydrogen) atoms. The van der Waals surface area contributed by atoms with Crippen LogP contribution in [0.5, 0.6) is 0 Å². The first kappa shape index (κ1) is 13.1. The minimum atomic E-state index is -0.360. The summed E-state index contributed by atoms with van der Waals surface area (Å²) in [6, 6.07) is 9.21. The van der Waals surface area contributed by atoms with E-state index in [2.05, 4.69) is 10.4 Å². The number of carbonyl (C=O) groups excluding carboxylic acids is 1. The molecule has 0 saturated carbocycles. The van der Waals surface area contributed by atoms with Crippen LogP contribution in [0.1, 0.15) is 13.3 Å². The third kappa shape index (κ3) is 2.93. The van der Waals surface area contributed by atoms with Gasteiger partial charge in [-0.2, -0.15) is 5.10 Å². The largest absolute Gasteiger partial charge is 0.467 e. The lowest BCUT2D eigenvalue weighted by Crippen LogP contribution is -2.30. The van der Waals surface area contributed by atoms with Crippen LogP contribution in [0.3, 0.4) is 0 Å². The number of esters is 1. The Morgan fingerprint density at radius 2 is 2.21 bits per heavy atom. The summed E-state index contributed by atoms with van der Waals surface area (Å²) in [5.41, 5.74) is 1.75. The van der Waals surface area contributed by atoms with Crippen LogP contribution in [0.25, 0.3) is 5.69 Å². The molecule has 5 nitrogen and oxygen atoms in total. The standard InChI is InChI=1S/C14H17N3O2/c1-3-11(14(18)19-2)16-12-7-4-5-8-13(12)17-10-6-9-15-17/h4-11,16H,3H2,1-2H3. The zero-order valence-corrected chi connectivity index (χ0v) is 11.0. The molecule has 0 spiro atoms. The lowest BCUT2D eigenvalue weighted by atomic mass is 10.2. The van der Waals surface area contributed by atoms with E-state index in [1.807, 2.05) is 43.5 Å². The van der Waals surface area contributed by atoms with Gasteiger partial charge in [-0.25, -0.2) is 9.48 Å². The molecule has 1 heterocycles. The van der Waals surface area contributed by atoms with Crippen LogP contribution in [0.15, 0.2) is 42.7 Å². The first-order valence-corrected chi connectivity index (χ1v) is 6.19. The Labute approximate surface area is 112 Å². The number of anilines is 1. The van der Waals surface area contributed by atoms with Crippen molar-refractivity contribution in [2.24, 2.45) is 0 Å². The summed E-state index contributed by atoms with van der Waals surface area (Å²) in [5.74, 6) is -0.266. The zero-order valence-electron chi connectivity index (χ0n) is 11.0. The Kier molecular flexibility index (Phi) is 4.18. The molecule has 1 aromatic heterocycles. The molecule has 1 N–H and O–H groups in total. The monoisotopic (exact) mass is 259 g/mol. The lowest BCUT2D eigenvalue weighted by Gasteiger charge is -2.18. The highest BCUT2D eigenvalue weighted by molar-refractivity contribution is 5.80. The first-order valence-electron chi connectivity index (χ1n) is 6.19. The van der Waals surface area contributed by atoms with Crippen LogP contribution < -0.4 is 5.32 Å². The number of nitrogens with one attached hydrogen (secondary N) is 1. The number of benzene rings is 1. The molecular formula is C14H17N3O2. The van der Waals surface area contributed by atoms with Crippen LogP contribution in [0.4, 0.5) is 5.69 Å². The van der Waals surface area contributed by atoms with Gasteiger partial charge in [-0.3, -0.25) is 0 Å². The summed E-state index contributed by atoms with van der Waals surface area (Å²) >= 11 is 0. The average Bonchev–Trinajstić information content (AvgIpc) is 2.98. The van der Waals surface area contributed by atoms with Crippen molar-refractivity contribution in [2.45, 2.75) is 19.4 Å². The molecule has 100 valence electrons. The maximum absolute atomic E-state index is 11.6. The van der Waals surface area contributed by atoms with Crippen LogP contribution in [0.2, 0.25) is 0 Å². The summed E-state index contributed by atoms with van der Waals surface area (Å²) in [7, 11) is 1.39. The van der Waals surface area contributed by atoms with E-state index < -0.39 is 0 Å². The number of aromatic nitrogens is 2. The summed E-state index contributed by atoms with van der Waals surface area (Å²) in [4.78, 5) is 11.6. The minimum Gasteiger partial charge on any atom is -0.467 e. The highest BCUT2D eigenvalue weighted by atomic mass is 16.5. The second-order valence-corrected chi connectivity index (χ2v) is 4.10. The molecule has 0 aliphatic rings. The number of carbonyl (C=O) groups is 1. The van der Waals surface area contributed by atoms with Gasteiger partial charge in [0.2, 0.25) is 0 Å². The van der Waals surface area contributed by atoms with E-state index >= 15 is 0 Å². The summed E-state index contributed by atoms with van der Waals surface area (Å²) in [6.45, 7) is 1.94. The van der Waals surface area contributed by atoms with Gasteiger partial charge in [0.1, 0.15) is 6.04 Å². The number of para-hydroxylation sites is 2. The number of nitrogens with zero attached hydrogens (tertiary/aromatic N) is 2. The molecule has 1 aromatic carbocycles. The van der Waals surface area contributed by atoms with Crippen molar-refractivity contribution in [3.63, 3.8) is 0 Å². The van der Waals surface area contributed by atoms with Crippen LogP contribution in [-0.2, 0) is 9.53 Å². The molecule has 1 unspecified atom stereocenters.